The third kappa shape index (κ3) is 1.46. The van der Waals surface area contributed by atoms with Crippen LogP contribution in [-0.4, -0.2) is 13.3 Å². The number of rotatable bonds is 1. The van der Waals surface area contributed by atoms with Gasteiger partial charge in [-0.15, -0.1) is 0 Å². The van der Waals surface area contributed by atoms with E-state index in [-0.39, 0.29) is 0 Å². The Morgan fingerprint density at radius 2 is 2.00 bits per heavy atom. The topological polar surface area (TPSA) is 20.3 Å². The minimum Gasteiger partial charge on any atom is -0.344 e. The van der Waals surface area contributed by atoms with Gasteiger partial charge in [-0.3, -0.25) is 4.79 Å². The van der Waals surface area contributed by atoms with E-state index in [9.17, 15) is 4.79 Å². The maximum atomic E-state index is 11.5. The number of aldehydes is 1. The predicted molar refractivity (Wildman–Crippen MR) is 74.3 cm³/mol. The third-order valence-electron chi connectivity index (χ3n) is 3.65. The lowest BCUT2D eigenvalue weighted by atomic mass is 9.86. The second kappa shape index (κ2) is 3.98. The van der Waals surface area contributed by atoms with Gasteiger partial charge < -0.3 is 4.90 Å². The molecule has 1 aromatic rings. The van der Waals surface area contributed by atoms with Crippen LogP contribution in [0.2, 0.25) is 0 Å². The van der Waals surface area contributed by atoms with Gasteiger partial charge in [0.2, 0.25) is 0 Å². The predicted octanol–water partition coefficient (Wildman–Crippen LogP) is 3.32. The fraction of sp³-hybridized carbons (Fsp3) is 0.188. The van der Waals surface area contributed by atoms with Crippen LogP contribution < -0.4 is 4.90 Å². The summed E-state index contributed by atoms with van der Waals surface area (Å²) < 4.78 is 0. The fourth-order valence-corrected chi connectivity index (χ4v) is 2.72. The highest BCUT2D eigenvalue weighted by atomic mass is 16.1. The molecule has 0 spiro atoms. The van der Waals surface area contributed by atoms with Crippen LogP contribution in [0.25, 0.3) is 5.57 Å². The molecule has 0 radical (unpaired) electrons. The number of para-hydroxylation sites is 1. The van der Waals surface area contributed by atoms with E-state index in [1.165, 1.54) is 5.57 Å². The Bertz CT molecular complexity index is 620. The SMILES string of the molecule is CC1=CC=C2C(=C(C=O)c3ccccc3N2C)C1. The number of hydrogen-bond donors (Lipinski definition) is 0. The molecular weight excluding hydrogens is 222 g/mol. The second-order valence-electron chi connectivity index (χ2n) is 4.83. The summed E-state index contributed by atoms with van der Waals surface area (Å²) in [5, 5.41) is 0. The first-order chi connectivity index (χ1) is 8.72. The molecule has 2 aliphatic rings. The van der Waals surface area contributed by atoms with Crippen molar-refractivity contribution in [2.24, 2.45) is 0 Å². The average Bonchev–Trinajstić information content (AvgIpc) is 2.39. The lowest BCUT2D eigenvalue weighted by Crippen LogP contribution is -2.25. The molecule has 1 heterocycles. The lowest BCUT2D eigenvalue weighted by Gasteiger charge is -2.34. The Morgan fingerprint density at radius 3 is 2.78 bits per heavy atom. The normalized spacial score (nSPS) is 17.8. The summed E-state index contributed by atoms with van der Waals surface area (Å²) >= 11 is 0. The molecule has 2 heteroatoms. The highest BCUT2D eigenvalue weighted by Crippen LogP contribution is 2.41. The largest absolute Gasteiger partial charge is 0.344 e. The summed E-state index contributed by atoms with van der Waals surface area (Å²) in [6.45, 7) is 2.10. The van der Waals surface area contributed by atoms with Crippen LogP contribution in [0.4, 0.5) is 5.69 Å². The van der Waals surface area contributed by atoms with Crippen molar-refractivity contribution in [2.75, 3.05) is 11.9 Å². The van der Waals surface area contributed by atoms with Crippen molar-refractivity contribution in [2.45, 2.75) is 13.3 Å². The Labute approximate surface area is 107 Å². The van der Waals surface area contributed by atoms with Crippen LogP contribution in [0.15, 0.2) is 53.3 Å². The molecule has 18 heavy (non-hydrogen) atoms. The van der Waals surface area contributed by atoms with Crippen molar-refractivity contribution < 1.29 is 4.79 Å². The highest BCUT2D eigenvalue weighted by molar-refractivity contribution is 6.13. The van der Waals surface area contributed by atoms with Gasteiger partial charge in [-0.1, -0.05) is 29.8 Å². The number of carbonyl (C=O) groups excluding carboxylic acids is 1. The molecule has 0 unspecified atom stereocenters. The zero-order valence-corrected chi connectivity index (χ0v) is 10.6. The minimum absolute atomic E-state index is 0.836. The Hall–Kier alpha value is -2.09. The summed E-state index contributed by atoms with van der Waals surface area (Å²) in [4.78, 5) is 13.6. The van der Waals surface area contributed by atoms with E-state index >= 15 is 0 Å². The van der Waals surface area contributed by atoms with Crippen molar-refractivity contribution in [1.82, 2.24) is 0 Å². The molecule has 0 bridgehead atoms. The second-order valence-corrected chi connectivity index (χ2v) is 4.83. The van der Waals surface area contributed by atoms with E-state index in [4.69, 9.17) is 0 Å². The lowest BCUT2D eigenvalue weighted by molar-refractivity contribution is -0.103. The van der Waals surface area contributed by atoms with Crippen LogP contribution in [-0.2, 0) is 4.79 Å². The first-order valence-electron chi connectivity index (χ1n) is 6.11. The number of hydrogen-bond acceptors (Lipinski definition) is 2. The van der Waals surface area contributed by atoms with Crippen LogP contribution in [0.3, 0.4) is 0 Å². The Balaban J connectivity index is 2.30. The van der Waals surface area contributed by atoms with Gasteiger partial charge in [0, 0.05) is 29.6 Å². The zero-order chi connectivity index (χ0) is 12.7. The maximum absolute atomic E-state index is 11.5. The number of likely N-dealkylation sites (N-methyl/N-ethyl adjacent to an activating group) is 1. The van der Waals surface area contributed by atoms with Gasteiger partial charge >= 0.3 is 0 Å². The van der Waals surface area contributed by atoms with Crippen LogP contribution in [0.1, 0.15) is 18.9 Å². The molecule has 0 saturated heterocycles. The summed E-state index contributed by atoms with van der Waals surface area (Å²) in [7, 11) is 2.06. The molecule has 0 amide bonds. The van der Waals surface area contributed by atoms with Gasteiger partial charge in [-0.2, -0.15) is 0 Å². The minimum atomic E-state index is 0.836. The summed E-state index contributed by atoms with van der Waals surface area (Å²) in [5.41, 5.74) is 6.55. The van der Waals surface area contributed by atoms with E-state index in [2.05, 4.69) is 37.1 Å². The fourth-order valence-electron chi connectivity index (χ4n) is 2.72. The van der Waals surface area contributed by atoms with Crippen molar-refractivity contribution in [1.29, 1.82) is 0 Å². The standard InChI is InChI=1S/C16H15NO/c1-11-7-8-16-13(9-11)14(10-18)12-5-3-4-6-15(12)17(16)2/h3-8,10H,9H2,1-2H3. The van der Waals surface area contributed by atoms with E-state index in [0.29, 0.717) is 0 Å². The molecule has 1 aliphatic carbocycles. The third-order valence-corrected chi connectivity index (χ3v) is 3.65. The van der Waals surface area contributed by atoms with Crippen molar-refractivity contribution in [3.05, 3.63) is 58.8 Å². The first-order valence-corrected chi connectivity index (χ1v) is 6.11. The molecular formula is C16H15NO. The summed E-state index contributed by atoms with van der Waals surface area (Å²) in [6.07, 6.45) is 6.09. The average molecular weight is 237 g/mol. The molecule has 2 nitrogen and oxygen atoms in total. The van der Waals surface area contributed by atoms with Gasteiger partial charge in [0.15, 0.2) is 6.29 Å². The van der Waals surface area contributed by atoms with Gasteiger partial charge in [-0.25, -0.2) is 0 Å². The number of nitrogens with zero attached hydrogens (tertiary/aromatic N) is 1. The molecule has 0 fully saturated rings. The van der Waals surface area contributed by atoms with Crippen LogP contribution in [0, 0.1) is 0 Å². The molecule has 1 aliphatic heterocycles. The molecule has 1 aromatic carbocycles. The molecule has 0 aromatic heterocycles. The smallest absolute Gasteiger partial charge is 0.151 e. The van der Waals surface area contributed by atoms with E-state index in [1.807, 2.05) is 18.2 Å². The first kappa shape index (κ1) is 11.0. The maximum Gasteiger partial charge on any atom is 0.151 e. The van der Waals surface area contributed by atoms with E-state index in [0.717, 1.165) is 40.8 Å². The van der Waals surface area contributed by atoms with E-state index < -0.39 is 0 Å². The summed E-state index contributed by atoms with van der Waals surface area (Å²) in [6, 6.07) is 8.07. The van der Waals surface area contributed by atoms with Gasteiger partial charge in [-0.05, 0) is 31.1 Å². The van der Waals surface area contributed by atoms with Crippen molar-refractivity contribution >= 4 is 17.5 Å². The van der Waals surface area contributed by atoms with Gasteiger partial charge in [0.1, 0.15) is 0 Å². The number of allylic oxidation sites excluding steroid dienone is 5. The molecule has 90 valence electrons. The van der Waals surface area contributed by atoms with Crippen molar-refractivity contribution in [3.8, 4) is 0 Å². The van der Waals surface area contributed by atoms with Gasteiger partial charge in [0.25, 0.3) is 0 Å². The number of fused-ring (bicyclic) bond motifs is 2. The number of anilines is 1. The monoisotopic (exact) mass is 237 g/mol. The Kier molecular flexibility index (Phi) is 2.44. The van der Waals surface area contributed by atoms with Crippen LogP contribution in [0.5, 0.6) is 0 Å². The van der Waals surface area contributed by atoms with Crippen molar-refractivity contribution in [3.63, 3.8) is 0 Å². The highest BCUT2D eigenvalue weighted by Gasteiger charge is 2.27. The summed E-state index contributed by atoms with van der Waals surface area (Å²) in [5.74, 6) is 0. The number of carbonyl (C=O) groups is 1. The zero-order valence-electron chi connectivity index (χ0n) is 10.6. The van der Waals surface area contributed by atoms with Gasteiger partial charge in [0.05, 0.1) is 0 Å². The number of benzene rings is 1. The quantitative estimate of drug-likeness (QED) is 0.698. The molecule has 3 rings (SSSR count). The molecule has 0 N–H and O–H groups in total. The molecule has 0 saturated carbocycles. The van der Waals surface area contributed by atoms with E-state index in [1.54, 1.807) is 0 Å². The van der Waals surface area contributed by atoms with Crippen LogP contribution >= 0.6 is 0 Å². The Morgan fingerprint density at radius 1 is 1.22 bits per heavy atom. The molecule has 0 atom stereocenters.